The normalized spacial score (nSPS) is 13.6. The van der Waals surface area contributed by atoms with Gasteiger partial charge in [0.1, 0.15) is 22.0 Å². The third-order valence-corrected chi connectivity index (χ3v) is 6.78. The minimum Gasteiger partial charge on any atom is -0.454 e. The summed E-state index contributed by atoms with van der Waals surface area (Å²) in [6.45, 7) is 4.65. The Labute approximate surface area is 190 Å². The van der Waals surface area contributed by atoms with Crippen molar-refractivity contribution in [1.29, 1.82) is 0 Å². The molecular weight excluding hydrogens is 452 g/mol. The quantitative estimate of drug-likeness (QED) is 0.454. The molecule has 3 aromatic rings. The van der Waals surface area contributed by atoms with E-state index in [0.29, 0.717) is 5.52 Å². The predicted octanol–water partition coefficient (Wildman–Crippen LogP) is 2.41. The molecule has 0 aliphatic rings. The van der Waals surface area contributed by atoms with Gasteiger partial charge in [-0.15, -0.1) is 0 Å². The molecule has 1 heterocycles. The van der Waals surface area contributed by atoms with Crippen LogP contribution in [0.15, 0.2) is 53.4 Å². The first kappa shape index (κ1) is 23.8. The lowest BCUT2D eigenvalue weighted by molar-refractivity contribution is -0.151. The highest BCUT2D eigenvalue weighted by atomic mass is 32.2. The molecule has 9 nitrogen and oxygen atoms in total. The lowest BCUT2D eigenvalue weighted by Crippen LogP contribution is -2.46. The van der Waals surface area contributed by atoms with Gasteiger partial charge in [-0.25, -0.2) is 8.42 Å². The number of amides is 1. The minimum atomic E-state index is -4.09. The molecular formula is C21H24N4O5S2. The second kappa shape index (κ2) is 10.2. The third kappa shape index (κ3) is 5.67. The Kier molecular flexibility index (Phi) is 7.54. The molecule has 11 heteroatoms. The van der Waals surface area contributed by atoms with Crippen molar-refractivity contribution in [3.8, 4) is 0 Å². The number of carbonyl (C=O) groups excluding carboxylic acids is 2. The number of sulfonamides is 1. The number of esters is 1. The Morgan fingerprint density at radius 2 is 1.75 bits per heavy atom. The second-order valence-corrected chi connectivity index (χ2v) is 9.75. The minimum absolute atomic E-state index is 0.0726. The number of aromatic nitrogens is 2. The Morgan fingerprint density at radius 1 is 1.03 bits per heavy atom. The summed E-state index contributed by atoms with van der Waals surface area (Å²) in [5.41, 5.74) is 1.59. The summed E-state index contributed by atoms with van der Waals surface area (Å²) in [7, 11) is -4.09. The number of rotatable bonds is 9. The van der Waals surface area contributed by atoms with Crippen LogP contribution in [0.5, 0.6) is 0 Å². The van der Waals surface area contributed by atoms with Crippen molar-refractivity contribution in [1.82, 2.24) is 18.8 Å². The van der Waals surface area contributed by atoms with E-state index in [1.807, 2.05) is 37.3 Å². The molecule has 1 aromatic heterocycles. The molecule has 0 aliphatic carbocycles. The summed E-state index contributed by atoms with van der Waals surface area (Å²) >= 11 is 0.901. The maximum atomic E-state index is 12.9. The van der Waals surface area contributed by atoms with Gasteiger partial charge >= 0.3 is 5.97 Å². The molecule has 32 heavy (non-hydrogen) atoms. The predicted molar refractivity (Wildman–Crippen MR) is 120 cm³/mol. The molecule has 0 saturated carbocycles. The van der Waals surface area contributed by atoms with Crippen LogP contribution in [0.1, 0.15) is 32.4 Å². The zero-order chi connectivity index (χ0) is 23.3. The van der Waals surface area contributed by atoms with Gasteiger partial charge in [0.25, 0.3) is 5.91 Å². The van der Waals surface area contributed by atoms with E-state index in [4.69, 9.17) is 4.74 Å². The number of benzene rings is 2. The first-order chi connectivity index (χ1) is 15.2. The van der Waals surface area contributed by atoms with Crippen molar-refractivity contribution < 1.29 is 22.7 Å². The van der Waals surface area contributed by atoms with Crippen molar-refractivity contribution in [2.45, 2.75) is 37.8 Å². The third-order valence-electron chi connectivity index (χ3n) is 4.76. The monoisotopic (exact) mass is 476 g/mol. The van der Waals surface area contributed by atoms with E-state index in [0.717, 1.165) is 17.3 Å². The van der Waals surface area contributed by atoms with Gasteiger partial charge < -0.3 is 10.1 Å². The van der Waals surface area contributed by atoms with Crippen LogP contribution in [0.3, 0.4) is 0 Å². The van der Waals surface area contributed by atoms with Gasteiger partial charge in [0, 0.05) is 0 Å². The molecule has 1 amide bonds. The van der Waals surface area contributed by atoms with Gasteiger partial charge in [-0.1, -0.05) is 50.2 Å². The van der Waals surface area contributed by atoms with Crippen LogP contribution in [0.2, 0.25) is 0 Å². The van der Waals surface area contributed by atoms with E-state index in [1.54, 1.807) is 26.0 Å². The van der Waals surface area contributed by atoms with Gasteiger partial charge in [0.05, 0.1) is 17.8 Å². The van der Waals surface area contributed by atoms with E-state index in [-0.39, 0.29) is 16.5 Å². The standard InChI is InChI=1S/C21H24N4O5S2/c1-13(2)19(25-32(28,29)17-11-7-10-16-20(17)24-31-23-16)21(27)30-12-18(26)22-14(3)15-8-5-4-6-9-15/h4-11,13-14,19,25H,12H2,1-3H3,(H,22,26)/t14-,19+/m0/s1. The molecule has 0 fully saturated rings. The number of carbonyl (C=O) groups is 2. The average molecular weight is 477 g/mol. The molecule has 2 N–H and O–H groups in total. The van der Waals surface area contributed by atoms with E-state index in [1.165, 1.54) is 6.07 Å². The molecule has 0 unspecified atom stereocenters. The van der Waals surface area contributed by atoms with E-state index >= 15 is 0 Å². The molecule has 2 atom stereocenters. The zero-order valence-corrected chi connectivity index (χ0v) is 19.4. The number of ether oxygens (including phenoxy) is 1. The maximum Gasteiger partial charge on any atom is 0.324 e. The molecule has 2 aromatic carbocycles. The summed E-state index contributed by atoms with van der Waals surface area (Å²) in [6.07, 6.45) is 0. The van der Waals surface area contributed by atoms with Crippen molar-refractivity contribution in [3.63, 3.8) is 0 Å². The molecule has 0 bridgehead atoms. The van der Waals surface area contributed by atoms with Crippen LogP contribution >= 0.6 is 11.7 Å². The maximum absolute atomic E-state index is 12.9. The number of nitrogens with one attached hydrogen (secondary N) is 2. The van der Waals surface area contributed by atoms with Crippen LogP contribution in [-0.2, 0) is 24.3 Å². The number of fused-ring (bicyclic) bond motifs is 1. The summed E-state index contributed by atoms with van der Waals surface area (Å²) in [5.74, 6) is -1.75. The highest BCUT2D eigenvalue weighted by molar-refractivity contribution is 7.89. The number of nitrogens with zero attached hydrogens (tertiary/aromatic N) is 2. The lowest BCUT2D eigenvalue weighted by Gasteiger charge is -2.21. The largest absolute Gasteiger partial charge is 0.454 e. The molecule has 0 saturated heterocycles. The van der Waals surface area contributed by atoms with Crippen LogP contribution in [0.25, 0.3) is 11.0 Å². The summed E-state index contributed by atoms with van der Waals surface area (Å²) in [6, 6.07) is 12.5. The van der Waals surface area contributed by atoms with Crippen LogP contribution in [0.4, 0.5) is 0 Å². The van der Waals surface area contributed by atoms with Gasteiger partial charge in [-0.3, -0.25) is 9.59 Å². The second-order valence-electron chi connectivity index (χ2n) is 7.54. The van der Waals surface area contributed by atoms with Crippen molar-refractivity contribution in [2.24, 2.45) is 5.92 Å². The van der Waals surface area contributed by atoms with E-state index in [2.05, 4.69) is 18.8 Å². The molecule has 0 aliphatic heterocycles. The van der Waals surface area contributed by atoms with Crippen molar-refractivity contribution in [2.75, 3.05) is 6.61 Å². The van der Waals surface area contributed by atoms with E-state index in [9.17, 15) is 18.0 Å². The Hall–Kier alpha value is -2.89. The highest BCUT2D eigenvalue weighted by Crippen LogP contribution is 2.22. The van der Waals surface area contributed by atoms with Crippen molar-refractivity contribution in [3.05, 3.63) is 54.1 Å². The fourth-order valence-corrected chi connectivity index (χ4v) is 5.12. The topological polar surface area (TPSA) is 127 Å². The van der Waals surface area contributed by atoms with Crippen molar-refractivity contribution >= 4 is 44.7 Å². The molecule has 0 spiro atoms. The zero-order valence-electron chi connectivity index (χ0n) is 17.8. The SMILES string of the molecule is CC(C)[C@@H](NS(=O)(=O)c1cccc2nsnc12)C(=O)OCC(=O)N[C@@H](C)c1ccccc1. The van der Waals surface area contributed by atoms with Gasteiger partial charge in [0.2, 0.25) is 10.0 Å². The van der Waals surface area contributed by atoms with Crippen LogP contribution in [-0.4, -0.2) is 41.7 Å². The molecule has 0 radical (unpaired) electrons. The fourth-order valence-electron chi connectivity index (χ4n) is 3.02. The Morgan fingerprint density at radius 3 is 2.44 bits per heavy atom. The lowest BCUT2D eigenvalue weighted by atomic mass is 10.1. The fraction of sp³-hybridized carbons (Fsp3) is 0.333. The Balaban J connectivity index is 1.64. The Bertz CT molecular complexity index is 1200. The summed E-state index contributed by atoms with van der Waals surface area (Å²) in [5, 5.41) is 2.74. The smallest absolute Gasteiger partial charge is 0.324 e. The number of hydrogen-bond acceptors (Lipinski definition) is 8. The van der Waals surface area contributed by atoms with E-state index < -0.39 is 40.5 Å². The highest BCUT2D eigenvalue weighted by Gasteiger charge is 2.31. The van der Waals surface area contributed by atoms with Gasteiger partial charge in [0.15, 0.2) is 6.61 Å². The molecule has 170 valence electrons. The van der Waals surface area contributed by atoms with Gasteiger partial charge in [-0.05, 0) is 30.5 Å². The molecule has 3 rings (SSSR count). The van der Waals surface area contributed by atoms with Crippen LogP contribution < -0.4 is 10.0 Å². The van der Waals surface area contributed by atoms with Gasteiger partial charge in [-0.2, -0.15) is 13.5 Å². The first-order valence-electron chi connectivity index (χ1n) is 9.93. The summed E-state index contributed by atoms with van der Waals surface area (Å²) < 4.78 is 41.5. The summed E-state index contributed by atoms with van der Waals surface area (Å²) in [4.78, 5) is 24.7. The average Bonchev–Trinajstić information content (AvgIpc) is 3.25. The first-order valence-corrected chi connectivity index (χ1v) is 12.1. The number of hydrogen-bond donors (Lipinski definition) is 2. The van der Waals surface area contributed by atoms with Crippen LogP contribution in [0, 0.1) is 5.92 Å².